The number of halogens is 1. The van der Waals surface area contributed by atoms with E-state index in [4.69, 9.17) is 0 Å². The largest absolute Gasteiger partial charge is 0.351 e. The number of aryl methyl sites for hydroxylation is 1. The number of aromatic nitrogens is 1. The molecule has 0 N–H and O–H groups in total. The van der Waals surface area contributed by atoms with Crippen molar-refractivity contribution >= 4 is 31.6 Å². The van der Waals surface area contributed by atoms with Gasteiger partial charge in [-0.3, -0.25) is 0 Å². The van der Waals surface area contributed by atoms with Crippen LogP contribution in [0.3, 0.4) is 0 Å². The Morgan fingerprint density at radius 2 is 2.00 bits per heavy atom. The fourth-order valence-electron chi connectivity index (χ4n) is 2.53. The van der Waals surface area contributed by atoms with Gasteiger partial charge in [0.15, 0.2) is 9.84 Å². The average molecular weight is 367 g/mol. The molecule has 0 radical (unpaired) electrons. The van der Waals surface area contributed by atoms with Gasteiger partial charge in [0, 0.05) is 23.3 Å². The molecule has 2 heterocycles. The first-order chi connectivity index (χ1) is 9.95. The summed E-state index contributed by atoms with van der Waals surface area (Å²) in [7, 11) is -3.22. The molecule has 0 atom stereocenters. The first kappa shape index (κ1) is 14.5. The van der Waals surface area contributed by atoms with Gasteiger partial charge in [-0.15, -0.1) is 0 Å². The number of nitrogens with zero attached hydrogens (tertiary/aromatic N) is 2. The van der Waals surface area contributed by atoms with Gasteiger partial charge in [-0.25, -0.2) is 13.4 Å². The molecule has 6 heteroatoms. The van der Waals surface area contributed by atoms with Gasteiger partial charge in [-0.1, -0.05) is 34.1 Å². The van der Waals surface area contributed by atoms with E-state index in [0.717, 1.165) is 21.5 Å². The number of pyridine rings is 1. The van der Waals surface area contributed by atoms with Crippen LogP contribution >= 0.6 is 15.9 Å². The predicted molar refractivity (Wildman–Crippen MR) is 86.2 cm³/mol. The number of anilines is 1. The van der Waals surface area contributed by atoms with Crippen LogP contribution in [0.1, 0.15) is 11.3 Å². The Morgan fingerprint density at radius 3 is 2.76 bits per heavy atom. The summed E-state index contributed by atoms with van der Waals surface area (Å²) < 4.78 is 25.6. The summed E-state index contributed by atoms with van der Waals surface area (Å²) in [5.41, 5.74) is 1.73. The number of hydrogen-bond acceptors (Lipinski definition) is 4. The van der Waals surface area contributed by atoms with Gasteiger partial charge in [-0.2, -0.15) is 0 Å². The lowest BCUT2D eigenvalue weighted by atomic mass is 10.2. The van der Waals surface area contributed by atoms with E-state index in [1.54, 1.807) is 12.1 Å². The third kappa shape index (κ3) is 2.96. The molecule has 1 aromatic heterocycles. The van der Waals surface area contributed by atoms with Crippen molar-refractivity contribution in [2.75, 3.05) is 17.2 Å². The van der Waals surface area contributed by atoms with E-state index in [9.17, 15) is 8.42 Å². The number of rotatable bonds is 1. The Morgan fingerprint density at radius 1 is 1.24 bits per heavy atom. The van der Waals surface area contributed by atoms with Gasteiger partial charge in [0.25, 0.3) is 0 Å². The highest BCUT2D eigenvalue weighted by Crippen LogP contribution is 2.27. The molecule has 1 aliphatic heterocycles. The van der Waals surface area contributed by atoms with E-state index in [1.807, 2.05) is 36.1 Å². The van der Waals surface area contributed by atoms with Crippen LogP contribution in [-0.2, 0) is 16.4 Å². The second kappa shape index (κ2) is 5.42. The minimum absolute atomic E-state index is 0.108. The summed E-state index contributed by atoms with van der Waals surface area (Å²) in [6.07, 6.45) is 0. The van der Waals surface area contributed by atoms with Gasteiger partial charge >= 0.3 is 0 Å². The van der Waals surface area contributed by atoms with Crippen LogP contribution in [0, 0.1) is 6.92 Å². The molecule has 0 amide bonds. The van der Waals surface area contributed by atoms with Gasteiger partial charge in [0.2, 0.25) is 0 Å². The molecule has 0 unspecified atom stereocenters. The Hall–Kier alpha value is -1.40. The van der Waals surface area contributed by atoms with Crippen molar-refractivity contribution < 1.29 is 8.42 Å². The van der Waals surface area contributed by atoms with Crippen LogP contribution in [0.4, 0.5) is 5.82 Å². The van der Waals surface area contributed by atoms with Crippen molar-refractivity contribution in [3.63, 3.8) is 0 Å². The monoisotopic (exact) mass is 366 g/mol. The molecule has 3 rings (SSSR count). The van der Waals surface area contributed by atoms with Crippen LogP contribution in [0.5, 0.6) is 0 Å². The zero-order valence-electron chi connectivity index (χ0n) is 11.6. The zero-order valence-corrected chi connectivity index (χ0v) is 14.0. The van der Waals surface area contributed by atoms with Crippen molar-refractivity contribution in [3.05, 3.63) is 52.1 Å². The summed E-state index contributed by atoms with van der Waals surface area (Å²) in [6.45, 7) is 2.93. The SMILES string of the molecule is Cc1cc(Br)cc(N2CCS(=O)(=O)c3ccccc3C2)n1. The molecule has 1 aliphatic rings. The topological polar surface area (TPSA) is 50.3 Å². The maximum Gasteiger partial charge on any atom is 0.180 e. The number of benzene rings is 1. The summed E-state index contributed by atoms with van der Waals surface area (Å²) in [5, 5.41) is 0. The molecular weight excluding hydrogens is 352 g/mol. The molecule has 21 heavy (non-hydrogen) atoms. The fourth-order valence-corrected chi connectivity index (χ4v) is 4.56. The maximum absolute atomic E-state index is 12.3. The van der Waals surface area contributed by atoms with Gasteiger partial charge in [0.05, 0.1) is 10.6 Å². The lowest BCUT2D eigenvalue weighted by Crippen LogP contribution is -2.26. The van der Waals surface area contributed by atoms with Crippen molar-refractivity contribution in [3.8, 4) is 0 Å². The zero-order chi connectivity index (χ0) is 15.0. The molecular formula is C15H15BrN2O2S. The Kier molecular flexibility index (Phi) is 3.75. The molecule has 1 aromatic carbocycles. The van der Waals surface area contributed by atoms with E-state index >= 15 is 0 Å². The first-order valence-electron chi connectivity index (χ1n) is 6.65. The first-order valence-corrected chi connectivity index (χ1v) is 9.10. The molecule has 0 aliphatic carbocycles. The molecule has 110 valence electrons. The minimum atomic E-state index is -3.22. The van der Waals surface area contributed by atoms with Gasteiger partial charge in [-0.05, 0) is 30.7 Å². The highest BCUT2D eigenvalue weighted by Gasteiger charge is 2.25. The Balaban J connectivity index is 2.05. The van der Waals surface area contributed by atoms with Crippen LogP contribution in [0.2, 0.25) is 0 Å². The van der Waals surface area contributed by atoms with Gasteiger partial charge in [0.1, 0.15) is 5.82 Å². The quantitative estimate of drug-likeness (QED) is 0.778. The molecule has 4 nitrogen and oxygen atoms in total. The molecule has 0 saturated heterocycles. The van der Waals surface area contributed by atoms with Gasteiger partial charge < -0.3 is 4.90 Å². The Bertz CT molecular complexity index is 770. The lowest BCUT2D eigenvalue weighted by Gasteiger charge is -2.22. The fraction of sp³-hybridized carbons (Fsp3) is 0.267. The van der Waals surface area contributed by atoms with Crippen LogP contribution < -0.4 is 4.90 Å². The van der Waals surface area contributed by atoms with Crippen LogP contribution in [0.15, 0.2) is 45.8 Å². The second-order valence-electron chi connectivity index (χ2n) is 5.13. The van der Waals surface area contributed by atoms with Crippen molar-refractivity contribution in [2.45, 2.75) is 18.4 Å². The normalized spacial score (nSPS) is 17.1. The highest BCUT2D eigenvalue weighted by molar-refractivity contribution is 9.10. The molecule has 0 spiro atoms. The summed E-state index contributed by atoms with van der Waals surface area (Å²) in [6, 6.07) is 11.1. The molecule has 0 bridgehead atoms. The van der Waals surface area contributed by atoms with Crippen LogP contribution in [-0.4, -0.2) is 25.7 Å². The summed E-state index contributed by atoms with van der Waals surface area (Å²) >= 11 is 3.47. The molecule has 0 fully saturated rings. The number of hydrogen-bond donors (Lipinski definition) is 0. The maximum atomic E-state index is 12.3. The predicted octanol–water partition coefficient (Wildman–Crippen LogP) is 2.95. The van der Waals surface area contributed by atoms with E-state index < -0.39 is 9.84 Å². The molecule has 0 saturated carbocycles. The molecule has 2 aromatic rings. The van der Waals surface area contributed by atoms with E-state index in [-0.39, 0.29) is 5.75 Å². The van der Waals surface area contributed by atoms with Crippen molar-refractivity contribution in [1.29, 1.82) is 0 Å². The minimum Gasteiger partial charge on any atom is -0.351 e. The second-order valence-corrected chi connectivity index (χ2v) is 8.13. The highest BCUT2D eigenvalue weighted by atomic mass is 79.9. The standard InChI is InChI=1S/C15H15BrN2O2S/c1-11-8-13(16)9-15(17-11)18-6-7-21(19,20)14-5-3-2-4-12(14)10-18/h2-5,8-9H,6-7,10H2,1H3. The lowest BCUT2D eigenvalue weighted by molar-refractivity contribution is 0.596. The van der Waals surface area contributed by atoms with E-state index in [0.29, 0.717) is 18.0 Å². The van der Waals surface area contributed by atoms with Crippen molar-refractivity contribution in [2.24, 2.45) is 0 Å². The van der Waals surface area contributed by atoms with Crippen molar-refractivity contribution in [1.82, 2.24) is 4.98 Å². The number of sulfone groups is 1. The number of fused-ring (bicyclic) bond motifs is 1. The summed E-state index contributed by atoms with van der Waals surface area (Å²) in [5.74, 6) is 0.908. The third-order valence-electron chi connectivity index (χ3n) is 3.53. The van der Waals surface area contributed by atoms with E-state index in [2.05, 4.69) is 20.9 Å². The van der Waals surface area contributed by atoms with Crippen LogP contribution in [0.25, 0.3) is 0 Å². The third-order valence-corrected chi connectivity index (χ3v) is 5.77. The van der Waals surface area contributed by atoms with E-state index in [1.165, 1.54) is 0 Å². The average Bonchev–Trinajstić information content (AvgIpc) is 2.55. The summed E-state index contributed by atoms with van der Waals surface area (Å²) in [4.78, 5) is 6.98. The smallest absolute Gasteiger partial charge is 0.180 e. The Labute approximate surface area is 132 Å².